The lowest BCUT2D eigenvalue weighted by atomic mass is 9.92. The monoisotopic (exact) mass is 494 g/mol. The standard InChI is InChI=1S/C29H34O7/c1-19-27(35-18-21-13-9-6-10-14-21)25(34-17-20-11-7-5-8-12-20)16-23(36-19)26-22(30)15-24(31-2)28(32-3)29(26)33-4/h5-15,19,23,25,27,30H,16-18H2,1-4H3/t19-,23-,25-,27-/m1/s1. The number of methoxy groups -OCH3 is 3. The predicted molar refractivity (Wildman–Crippen MR) is 136 cm³/mol. The van der Waals surface area contributed by atoms with Gasteiger partial charge in [0.1, 0.15) is 11.9 Å². The molecule has 1 heterocycles. The fourth-order valence-electron chi connectivity index (χ4n) is 4.65. The fraction of sp³-hybridized carbons (Fsp3) is 0.379. The van der Waals surface area contributed by atoms with Crippen LogP contribution in [0.2, 0.25) is 0 Å². The van der Waals surface area contributed by atoms with Crippen LogP contribution in [0.15, 0.2) is 66.7 Å². The summed E-state index contributed by atoms with van der Waals surface area (Å²) < 4.78 is 35.8. The van der Waals surface area contributed by atoms with Crippen molar-refractivity contribution in [3.63, 3.8) is 0 Å². The first kappa shape index (κ1) is 25.8. The molecule has 1 fully saturated rings. The van der Waals surface area contributed by atoms with Crippen LogP contribution in [0.25, 0.3) is 0 Å². The number of rotatable bonds is 10. The molecule has 192 valence electrons. The lowest BCUT2D eigenvalue weighted by Crippen LogP contribution is -2.47. The Morgan fingerprint density at radius 3 is 1.94 bits per heavy atom. The molecule has 7 heteroatoms. The molecule has 0 saturated carbocycles. The van der Waals surface area contributed by atoms with Crippen LogP contribution in [-0.2, 0) is 27.4 Å². The van der Waals surface area contributed by atoms with Gasteiger partial charge in [0, 0.05) is 12.5 Å². The van der Waals surface area contributed by atoms with Crippen molar-refractivity contribution < 1.29 is 33.5 Å². The summed E-state index contributed by atoms with van der Waals surface area (Å²) in [6.45, 7) is 2.84. The Bertz CT molecular complexity index is 1100. The van der Waals surface area contributed by atoms with Crippen LogP contribution in [0.4, 0.5) is 0 Å². The topological polar surface area (TPSA) is 75.6 Å². The number of hydrogen-bond donors (Lipinski definition) is 1. The van der Waals surface area contributed by atoms with Gasteiger partial charge in [-0.1, -0.05) is 60.7 Å². The molecule has 1 N–H and O–H groups in total. The van der Waals surface area contributed by atoms with Crippen molar-refractivity contribution in [3.8, 4) is 23.0 Å². The Morgan fingerprint density at radius 1 is 0.806 bits per heavy atom. The van der Waals surface area contributed by atoms with E-state index in [1.165, 1.54) is 27.4 Å². The SMILES string of the molecule is COc1cc(O)c([C@H]2C[C@@H](OCc3ccccc3)[C@H](OCc3ccccc3)[C@@H](C)O2)c(OC)c1OC. The van der Waals surface area contributed by atoms with Crippen molar-refractivity contribution in [2.24, 2.45) is 0 Å². The third-order valence-corrected chi connectivity index (χ3v) is 6.42. The first-order valence-electron chi connectivity index (χ1n) is 12.0. The summed E-state index contributed by atoms with van der Waals surface area (Å²) in [5.74, 6) is 1.15. The van der Waals surface area contributed by atoms with E-state index < -0.39 is 6.10 Å². The van der Waals surface area contributed by atoms with E-state index in [1.54, 1.807) is 0 Å². The fourth-order valence-corrected chi connectivity index (χ4v) is 4.65. The normalized spacial score (nSPS) is 21.7. The van der Waals surface area contributed by atoms with Gasteiger partial charge < -0.3 is 33.5 Å². The van der Waals surface area contributed by atoms with E-state index in [0.29, 0.717) is 42.4 Å². The van der Waals surface area contributed by atoms with Crippen molar-refractivity contribution in [3.05, 3.63) is 83.4 Å². The van der Waals surface area contributed by atoms with Gasteiger partial charge in [-0.25, -0.2) is 0 Å². The Morgan fingerprint density at radius 2 is 1.39 bits per heavy atom. The highest BCUT2D eigenvalue weighted by atomic mass is 16.6. The summed E-state index contributed by atoms with van der Waals surface area (Å²) in [5, 5.41) is 10.9. The van der Waals surface area contributed by atoms with E-state index in [4.69, 9.17) is 28.4 Å². The Labute approximate surface area is 212 Å². The van der Waals surface area contributed by atoms with Gasteiger partial charge in [-0.2, -0.15) is 0 Å². The van der Waals surface area contributed by atoms with E-state index in [9.17, 15) is 5.11 Å². The summed E-state index contributed by atoms with van der Waals surface area (Å²) in [5.41, 5.74) is 2.64. The summed E-state index contributed by atoms with van der Waals surface area (Å²) in [6.07, 6.45) is -0.966. The van der Waals surface area contributed by atoms with Gasteiger partial charge in [-0.3, -0.25) is 0 Å². The minimum absolute atomic E-state index is 0.00663. The summed E-state index contributed by atoms with van der Waals surface area (Å²) >= 11 is 0. The predicted octanol–water partition coefficient (Wildman–Crippen LogP) is 5.44. The molecule has 0 unspecified atom stereocenters. The molecule has 3 aromatic rings. The molecule has 3 aromatic carbocycles. The maximum absolute atomic E-state index is 10.9. The Kier molecular flexibility index (Phi) is 8.70. The van der Waals surface area contributed by atoms with Crippen molar-refractivity contribution in [2.45, 2.75) is 51.0 Å². The molecule has 1 aliphatic rings. The highest BCUT2D eigenvalue weighted by Crippen LogP contribution is 2.50. The number of hydrogen-bond acceptors (Lipinski definition) is 7. The third kappa shape index (κ3) is 5.75. The zero-order valence-corrected chi connectivity index (χ0v) is 21.2. The minimum atomic E-state index is -0.507. The molecule has 0 radical (unpaired) electrons. The maximum atomic E-state index is 10.9. The molecule has 4 rings (SSSR count). The van der Waals surface area contributed by atoms with Crippen molar-refractivity contribution >= 4 is 0 Å². The molecular weight excluding hydrogens is 460 g/mol. The van der Waals surface area contributed by atoms with E-state index in [-0.39, 0.29) is 24.1 Å². The summed E-state index contributed by atoms with van der Waals surface area (Å²) in [7, 11) is 4.57. The van der Waals surface area contributed by atoms with Crippen LogP contribution in [0.5, 0.6) is 23.0 Å². The minimum Gasteiger partial charge on any atom is -0.507 e. The average Bonchev–Trinajstić information content (AvgIpc) is 2.91. The van der Waals surface area contributed by atoms with Gasteiger partial charge in [0.15, 0.2) is 11.5 Å². The van der Waals surface area contributed by atoms with Gasteiger partial charge in [-0.15, -0.1) is 0 Å². The Balaban J connectivity index is 1.62. The van der Waals surface area contributed by atoms with Crippen LogP contribution in [0.1, 0.15) is 36.1 Å². The van der Waals surface area contributed by atoms with Crippen LogP contribution in [-0.4, -0.2) is 44.7 Å². The number of phenolic OH excluding ortho intramolecular Hbond substituents is 1. The van der Waals surface area contributed by atoms with Crippen LogP contribution < -0.4 is 14.2 Å². The largest absolute Gasteiger partial charge is 0.507 e. The first-order chi connectivity index (χ1) is 17.5. The Hall–Kier alpha value is -3.26. The first-order valence-corrected chi connectivity index (χ1v) is 12.0. The third-order valence-electron chi connectivity index (χ3n) is 6.42. The zero-order valence-electron chi connectivity index (χ0n) is 21.2. The highest BCUT2D eigenvalue weighted by molar-refractivity contribution is 5.62. The number of phenols is 1. The van der Waals surface area contributed by atoms with Crippen molar-refractivity contribution in [1.82, 2.24) is 0 Å². The molecule has 1 aliphatic heterocycles. The lowest BCUT2D eigenvalue weighted by molar-refractivity contribution is -0.204. The van der Waals surface area contributed by atoms with Crippen LogP contribution in [0, 0.1) is 0 Å². The molecule has 1 saturated heterocycles. The second-order valence-electron chi connectivity index (χ2n) is 8.74. The lowest BCUT2D eigenvalue weighted by Gasteiger charge is -2.41. The molecule has 4 atom stereocenters. The molecule has 0 aliphatic carbocycles. The van der Waals surface area contributed by atoms with Gasteiger partial charge in [0.05, 0.1) is 58.4 Å². The molecule has 0 amide bonds. The van der Waals surface area contributed by atoms with Crippen molar-refractivity contribution in [2.75, 3.05) is 21.3 Å². The average molecular weight is 495 g/mol. The molecule has 7 nitrogen and oxygen atoms in total. The quantitative estimate of drug-likeness (QED) is 0.402. The van der Waals surface area contributed by atoms with Gasteiger partial charge in [0.25, 0.3) is 0 Å². The number of ether oxygens (including phenoxy) is 6. The zero-order chi connectivity index (χ0) is 25.5. The van der Waals surface area contributed by atoms with E-state index in [0.717, 1.165) is 11.1 Å². The van der Waals surface area contributed by atoms with Crippen molar-refractivity contribution in [1.29, 1.82) is 0 Å². The highest BCUT2D eigenvalue weighted by Gasteiger charge is 2.41. The maximum Gasteiger partial charge on any atom is 0.203 e. The summed E-state index contributed by atoms with van der Waals surface area (Å²) in [4.78, 5) is 0. The van der Waals surface area contributed by atoms with E-state index in [2.05, 4.69) is 0 Å². The molecule has 0 aromatic heterocycles. The summed E-state index contributed by atoms with van der Waals surface area (Å²) in [6, 6.07) is 21.6. The van der Waals surface area contributed by atoms with Gasteiger partial charge >= 0.3 is 0 Å². The van der Waals surface area contributed by atoms with Crippen LogP contribution in [0.3, 0.4) is 0 Å². The second-order valence-corrected chi connectivity index (χ2v) is 8.74. The van der Waals surface area contributed by atoms with E-state index in [1.807, 2.05) is 67.6 Å². The molecule has 0 bridgehead atoms. The smallest absolute Gasteiger partial charge is 0.203 e. The molecular formula is C29H34O7. The number of benzene rings is 3. The van der Waals surface area contributed by atoms with Gasteiger partial charge in [-0.05, 0) is 18.1 Å². The van der Waals surface area contributed by atoms with Crippen LogP contribution >= 0.6 is 0 Å². The molecule has 0 spiro atoms. The number of aromatic hydroxyl groups is 1. The van der Waals surface area contributed by atoms with Gasteiger partial charge in [0.2, 0.25) is 5.75 Å². The molecule has 36 heavy (non-hydrogen) atoms. The van der Waals surface area contributed by atoms with E-state index >= 15 is 0 Å². The second kappa shape index (κ2) is 12.1.